The van der Waals surface area contributed by atoms with Crippen LogP contribution in [0.3, 0.4) is 0 Å². The maximum atomic E-state index is 12.5. The molecular formula is C16H32O2SSn. The van der Waals surface area contributed by atoms with Crippen molar-refractivity contribution in [3.8, 4) is 0 Å². The third kappa shape index (κ3) is 4.75. The average molecular weight is 407 g/mol. The topological polar surface area (TPSA) is 34.1 Å². The van der Waals surface area contributed by atoms with Crippen molar-refractivity contribution in [2.24, 2.45) is 0 Å². The van der Waals surface area contributed by atoms with Crippen molar-refractivity contribution in [3.63, 3.8) is 0 Å². The van der Waals surface area contributed by atoms with Crippen LogP contribution in [0.4, 0.5) is 0 Å². The molecule has 1 rings (SSSR count). The summed E-state index contributed by atoms with van der Waals surface area (Å²) in [5.74, 6) is 0.394. The van der Waals surface area contributed by atoms with Gasteiger partial charge in [-0.25, -0.2) is 0 Å². The first-order chi connectivity index (χ1) is 9.52. The standard InChI is InChI=1S/C4H5O2S.3C4H9.Sn/c5-7(6)3-1-2-4-7;3*1-3-4-2;/h1H,2,4H2;3*1,3-4H2,2H3;. The predicted molar refractivity (Wildman–Crippen MR) is 91.4 cm³/mol. The van der Waals surface area contributed by atoms with Gasteiger partial charge in [0.15, 0.2) is 0 Å². The van der Waals surface area contributed by atoms with Crippen LogP contribution in [0.1, 0.15) is 65.7 Å². The molecule has 0 amide bonds. The summed E-state index contributed by atoms with van der Waals surface area (Å²) in [7, 11) is -2.88. The molecule has 118 valence electrons. The zero-order valence-corrected chi connectivity index (χ0v) is 17.3. The Morgan fingerprint density at radius 3 is 1.70 bits per heavy atom. The Morgan fingerprint density at radius 2 is 1.40 bits per heavy atom. The summed E-state index contributed by atoms with van der Waals surface area (Å²) in [6.07, 6.45) is 10.2. The molecule has 0 aromatic rings. The van der Waals surface area contributed by atoms with Gasteiger partial charge in [0.2, 0.25) is 0 Å². The van der Waals surface area contributed by atoms with E-state index < -0.39 is 28.2 Å². The van der Waals surface area contributed by atoms with E-state index in [0.717, 1.165) is 9.34 Å². The van der Waals surface area contributed by atoms with Gasteiger partial charge >= 0.3 is 130 Å². The van der Waals surface area contributed by atoms with Gasteiger partial charge in [0.05, 0.1) is 0 Å². The molecule has 0 saturated carbocycles. The molecule has 0 atom stereocenters. The molecule has 0 spiro atoms. The number of sulfone groups is 1. The molecule has 0 N–H and O–H groups in total. The molecule has 0 radical (unpaired) electrons. The molecule has 0 aromatic carbocycles. The van der Waals surface area contributed by atoms with Gasteiger partial charge in [-0.1, -0.05) is 0 Å². The van der Waals surface area contributed by atoms with E-state index in [9.17, 15) is 8.42 Å². The summed E-state index contributed by atoms with van der Waals surface area (Å²) in [4.78, 5) is 0. The summed E-state index contributed by atoms with van der Waals surface area (Å²) in [5.41, 5.74) is 0. The molecule has 0 saturated heterocycles. The molecule has 1 heterocycles. The van der Waals surface area contributed by atoms with E-state index in [1.165, 1.54) is 51.8 Å². The van der Waals surface area contributed by atoms with Gasteiger partial charge in [0.1, 0.15) is 0 Å². The molecule has 1 aliphatic heterocycles. The fraction of sp³-hybridized carbons (Fsp3) is 0.875. The fourth-order valence-electron chi connectivity index (χ4n) is 3.42. The number of rotatable bonds is 10. The monoisotopic (exact) mass is 408 g/mol. The number of allylic oxidation sites excluding steroid dienone is 1. The van der Waals surface area contributed by atoms with E-state index in [4.69, 9.17) is 0 Å². The Bertz CT molecular complexity index is 390. The first-order valence-corrected chi connectivity index (χ1v) is 17.6. The van der Waals surface area contributed by atoms with Crippen molar-refractivity contribution in [1.82, 2.24) is 0 Å². The van der Waals surface area contributed by atoms with Gasteiger partial charge in [-0.15, -0.1) is 0 Å². The van der Waals surface area contributed by atoms with Crippen molar-refractivity contribution < 1.29 is 8.42 Å². The van der Waals surface area contributed by atoms with E-state index in [-0.39, 0.29) is 0 Å². The third-order valence-electron chi connectivity index (χ3n) is 4.60. The van der Waals surface area contributed by atoms with Crippen LogP contribution < -0.4 is 0 Å². The summed E-state index contributed by atoms with van der Waals surface area (Å²) < 4.78 is 29.8. The van der Waals surface area contributed by atoms with Crippen molar-refractivity contribution in [1.29, 1.82) is 0 Å². The van der Waals surface area contributed by atoms with E-state index in [1.807, 2.05) is 0 Å². The van der Waals surface area contributed by atoms with Gasteiger partial charge < -0.3 is 0 Å². The van der Waals surface area contributed by atoms with Crippen molar-refractivity contribution >= 4 is 28.2 Å². The summed E-state index contributed by atoms with van der Waals surface area (Å²) in [6.45, 7) is 6.69. The minimum absolute atomic E-state index is 0.394. The van der Waals surface area contributed by atoms with E-state index in [0.29, 0.717) is 5.75 Å². The Balaban J connectivity index is 3.06. The van der Waals surface area contributed by atoms with E-state index >= 15 is 0 Å². The molecule has 20 heavy (non-hydrogen) atoms. The number of hydrogen-bond donors (Lipinski definition) is 0. The van der Waals surface area contributed by atoms with Crippen LogP contribution >= 0.6 is 0 Å². The zero-order valence-electron chi connectivity index (χ0n) is 13.6. The number of hydrogen-bond acceptors (Lipinski definition) is 2. The third-order valence-corrected chi connectivity index (χ3v) is 26.6. The second kappa shape index (κ2) is 8.82. The van der Waals surface area contributed by atoms with Gasteiger partial charge in [0.25, 0.3) is 0 Å². The second-order valence-electron chi connectivity index (χ2n) is 6.27. The van der Waals surface area contributed by atoms with Crippen LogP contribution in [-0.4, -0.2) is 32.5 Å². The van der Waals surface area contributed by atoms with E-state index in [2.05, 4.69) is 26.8 Å². The average Bonchev–Trinajstić information content (AvgIpc) is 2.79. The van der Waals surface area contributed by atoms with E-state index in [1.54, 1.807) is 0 Å². The van der Waals surface area contributed by atoms with Crippen LogP contribution in [0.15, 0.2) is 9.00 Å². The maximum absolute atomic E-state index is 12.5. The van der Waals surface area contributed by atoms with Crippen molar-refractivity contribution in [3.05, 3.63) is 9.00 Å². The van der Waals surface area contributed by atoms with Crippen LogP contribution in [0.2, 0.25) is 13.3 Å². The molecule has 2 nitrogen and oxygen atoms in total. The number of unbranched alkanes of at least 4 members (excludes halogenated alkanes) is 3. The summed E-state index contributed by atoms with van der Waals surface area (Å²) in [5, 5.41) is 0. The van der Waals surface area contributed by atoms with Gasteiger partial charge in [-0.2, -0.15) is 0 Å². The molecule has 4 heteroatoms. The zero-order chi connectivity index (χ0) is 15.1. The predicted octanol–water partition coefficient (Wildman–Crippen LogP) is 5.08. The molecule has 0 aliphatic carbocycles. The van der Waals surface area contributed by atoms with Crippen LogP contribution in [0, 0.1) is 0 Å². The van der Waals surface area contributed by atoms with Crippen LogP contribution in [0.25, 0.3) is 0 Å². The second-order valence-corrected chi connectivity index (χ2v) is 22.5. The SMILES string of the molecule is CCC[CH2][Sn]([CH2]CCC)([CH2]CCC)[C]1=CCCS1(=O)=O. The van der Waals surface area contributed by atoms with Crippen LogP contribution in [-0.2, 0) is 9.84 Å². The summed E-state index contributed by atoms with van der Waals surface area (Å²) in [6, 6.07) is 0. The normalized spacial score (nSPS) is 18.2. The van der Waals surface area contributed by atoms with Gasteiger partial charge in [-0.3, -0.25) is 0 Å². The Morgan fingerprint density at radius 1 is 0.950 bits per heavy atom. The first kappa shape index (κ1) is 18.5. The molecule has 1 aliphatic rings. The molecular weight excluding hydrogens is 375 g/mol. The summed E-state index contributed by atoms with van der Waals surface area (Å²) >= 11 is -2.67. The Labute approximate surface area is 130 Å². The van der Waals surface area contributed by atoms with Gasteiger partial charge in [0, 0.05) is 0 Å². The Hall–Kier alpha value is 0.489. The fourth-order valence-corrected chi connectivity index (χ4v) is 28.4. The molecule has 0 fully saturated rings. The minimum atomic E-state index is -2.88. The quantitative estimate of drug-likeness (QED) is 0.474. The molecule has 0 aromatic heterocycles. The first-order valence-electron chi connectivity index (χ1n) is 8.46. The van der Waals surface area contributed by atoms with Crippen molar-refractivity contribution in [2.45, 2.75) is 79.0 Å². The van der Waals surface area contributed by atoms with Gasteiger partial charge in [-0.05, 0) is 0 Å². The van der Waals surface area contributed by atoms with Crippen LogP contribution in [0.5, 0.6) is 0 Å². The van der Waals surface area contributed by atoms with Crippen molar-refractivity contribution in [2.75, 3.05) is 5.75 Å². The molecule has 0 bridgehead atoms. The Kier molecular flexibility index (Phi) is 8.17. The molecule has 0 unspecified atom stereocenters.